The first kappa shape index (κ1) is 21.5. The van der Waals surface area contributed by atoms with E-state index < -0.39 is 0 Å². The molecule has 1 saturated carbocycles. The van der Waals surface area contributed by atoms with E-state index in [1.807, 2.05) is 0 Å². The summed E-state index contributed by atoms with van der Waals surface area (Å²) in [4.78, 5) is 27.4. The molecule has 2 rings (SSSR count). The van der Waals surface area contributed by atoms with Gasteiger partial charge in [-0.15, -0.1) is 0 Å². The molecule has 1 aliphatic rings. The van der Waals surface area contributed by atoms with E-state index in [1.54, 1.807) is 17.9 Å². The number of aromatic nitrogens is 1. The van der Waals surface area contributed by atoms with Crippen LogP contribution in [-0.4, -0.2) is 34.5 Å². The predicted molar refractivity (Wildman–Crippen MR) is 106 cm³/mol. The van der Waals surface area contributed by atoms with Crippen molar-refractivity contribution in [2.45, 2.75) is 85.6 Å². The second-order valence-corrected chi connectivity index (χ2v) is 9.26. The Morgan fingerprint density at radius 3 is 2.52 bits per heavy atom. The van der Waals surface area contributed by atoms with Crippen LogP contribution < -0.4 is 5.32 Å². The van der Waals surface area contributed by atoms with Gasteiger partial charge in [0.2, 0.25) is 11.8 Å². The van der Waals surface area contributed by atoms with Crippen molar-refractivity contribution in [3.8, 4) is 0 Å². The molecule has 1 heterocycles. The predicted octanol–water partition coefficient (Wildman–Crippen LogP) is 4.55. The van der Waals surface area contributed by atoms with Crippen LogP contribution in [0.4, 0.5) is 5.82 Å². The summed E-state index contributed by atoms with van der Waals surface area (Å²) in [7, 11) is 0. The first-order valence-corrected chi connectivity index (χ1v) is 10.2. The molecule has 0 spiro atoms. The van der Waals surface area contributed by atoms with Gasteiger partial charge in [0.1, 0.15) is 12.3 Å². The smallest absolute Gasteiger partial charge is 0.245 e. The first-order valence-electron chi connectivity index (χ1n) is 10.2. The molecule has 6 nitrogen and oxygen atoms in total. The Balaban J connectivity index is 2.01. The van der Waals surface area contributed by atoms with Gasteiger partial charge in [-0.25, -0.2) is 0 Å². The van der Waals surface area contributed by atoms with Crippen molar-refractivity contribution in [2.75, 3.05) is 11.9 Å². The van der Waals surface area contributed by atoms with E-state index in [4.69, 9.17) is 4.52 Å². The molecule has 2 amide bonds. The lowest BCUT2D eigenvalue weighted by Gasteiger charge is -2.35. The van der Waals surface area contributed by atoms with Crippen LogP contribution in [-0.2, 0) is 9.59 Å². The van der Waals surface area contributed by atoms with Gasteiger partial charge in [0, 0.05) is 18.5 Å². The highest BCUT2D eigenvalue weighted by molar-refractivity contribution is 5.93. The summed E-state index contributed by atoms with van der Waals surface area (Å²) in [6.07, 6.45) is 6.90. The topological polar surface area (TPSA) is 75.4 Å². The largest absolute Gasteiger partial charge is 0.360 e. The number of carbonyl (C=O) groups excluding carboxylic acids is 2. The number of carbonyl (C=O) groups is 2. The number of nitrogens with zero attached hydrogens (tertiary/aromatic N) is 2. The molecule has 0 saturated heterocycles. The van der Waals surface area contributed by atoms with Crippen LogP contribution >= 0.6 is 0 Å². The molecule has 1 unspecified atom stereocenters. The van der Waals surface area contributed by atoms with E-state index in [2.05, 4.69) is 38.2 Å². The zero-order chi connectivity index (χ0) is 20.0. The van der Waals surface area contributed by atoms with Crippen molar-refractivity contribution in [3.05, 3.63) is 11.8 Å². The standard InChI is InChI=1S/C21H35N3O3/c1-15(13-21(3,4)5)11-20(26)24(17-9-7-6-8-10-17)14-19(25)22-18-12-16(2)27-23-18/h12,15,17H,6-11,13-14H2,1-5H3,(H,22,23,25). The van der Waals surface area contributed by atoms with Gasteiger partial charge >= 0.3 is 0 Å². The van der Waals surface area contributed by atoms with Gasteiger partial charge in [-0.2, -0.15) is 0 Å². The Labute approximate surface area is 163 Å². The number of rotatable bonds is 7. The van der Waals surface area contributed by atoms with Crippen molar-refractivity contribution in [1.82, 2.24) is 10.1 Å². The van der Waals surface area contributed by atoms with Crippen molar-refractivity contribution in [2.24, 2.45) is 11.3 Å². The SMILES string of the molecule is Cc1cc(NC(=O)CN(C(=O)CC(C)CC(C)(C)C)C2CCCCC2)no1. The fraction of sp³-hybridized carbons (Fsp3) is 0.762. The maximum absolute atomic E-state index is 13.0. The number of hydrogen-bond donors (Lipinski definition) is 1. The monoisotopic (exact) mass is 377 g/mol. The van der Waals surface area contributed by atoms with Gasteiger partial charge in [0.15, 0.2) is 5.82 Å². The van der Waals surface area contributed by atoms with Crippen LogP contribution in [0.2, 0.25) is 0 Å². The fourth-order valence-corrected chi connectivity index (χ4v) is 4.11. The van der Waals surface area contributed by atoms with Gasteiger partial charge < -0.3 is 14.7 Å². The Morgan fingerprint density at radius 2 is 1.96 bits per heavy atom. The van der Waals surface area contributed by atoms with Gasteiger partial charge in [-0.3, -0.25) is 9.59 Å². The number of anilines is 1. The average molecular weight is 378 g/mol. The van der Waals surface area contributed by atoms with E-state index >= 15 is 0 Å². The lowest BCUT2D eigenvalue weighted by molar-refractivity contribution is -0.138. The molecular weight excluding hydrogens is 342 g/mol. The highest BCUT2D eigenvalue weighted by Crippen LogP contribution is 2.28. The van der Waals surface area contributed by atoms with Crippen molar-refractivity contribution in [1.29, 1.82) is 0 Å². The second kappa shape index (κ2) is 9.38. The molecule has 0 aliphatic heterocycles. The third-order valence-corrected chi connectivity index (χ3v) is 5.03. The van der Waals surface area contributed by atoms with Crippen LogP contribution in [0.25, 0.3) is 0 Å². The summed E-state index contributed by atoms with van der Waals surface area (Å²) in [6.45, 7) is 10.6. The molecule has 0 aromatic carbocycles. The molecule has 0 bridgehead atoms. The Bertz CT molecular complexity index is 627. The molecule has 0 radical (unpaired) electrons. The molecule has 1 atom stereocenters. The number of amides is 2. The van der Waals surface area contributed by atoms with Crippen LogP contribution in [0.15, 0.2) is 10.6 Å². The third-order valence-electron chi connectivity index (χ3n) is 5.03. The van der Waals surface area contributed by atoms with E-state index in [9.17, 15) is 9.59 Å². The molecular formula is C21H35N3O3. The summed E-state index contributed by atoms with van der Waals surface area (Å²) in [6, 6.07) is 1.84. The first-order chi connectivity index (χ1) is 12.6. The van der Waals surface area contributed by atoms with Crippen molar-refractivity contribution in [3.63, 3.8) is 0 Å². The Hall–Kier alpha value is -1.85. The quantitative estimate of drug-likeness (QED) is 0.756. The van der Waals surface area contributed by atoms with Crippen LogP contribution in [0, 0.1) is 18.3 Å². The Morgan fingerprint density at radius 1 is 1.30 bits per heavy atom. The zero-order valence-electron chi connectivity index (χ0n) is 17.5. The highest BCUT2D eigenvalue weighted by Gasteiger charge is 2.29. The Kier molecular flexibility index (Phi) is 7.45. The summed E-state index contributed by atoms with van der Waals surface area (Å²) in [5, 5.41) is 6.54. The van der Waals surface area contributed by atoms with E-state index in [-0.39, 0.29) is 29.8 Å². The minimum atomic E-state index is -0.217. The van der Waals surface area contributed by atoms with Gasteiger partial charge in [0.25, 0.3) is 0 Å². The molecule has 1 aromatic heterocycles. The second-order valence-electron chi connectivity index (χ2n) is 9.26. The lowest BCUT2D eigenvalue weighted by Crippen LogP contribution is -2.46. The van der Waals surface area contributed by atoms with Crippen LogP contribution in [0.5, 0.6) is 0 Å². The highest BCUT2D eigenvalue weighted by atomic mass is 16.5. The lowest BCUT2D eigenvalue weighted by atomic mass is 9.84. The molecule has 1 N–H and O–H groups in total. The summed E-state index contributed by atoms with van der Waals surface area (Å²) >= 11 is 0. The van der Waals surface area contributed by atoms with Crippen molar-refractivity contribution < 1.29 is 14.1 Å². The molecule has 27 heavy (non-hydrogen) atoms. The minimum Gasteiger partial charge on any atom is -0.360 e. The number of hydrogen-bond acceptors (Lipinski definition) is 4. The third kappa shape index (κ3) is 7.35. The zero-order valence-corrected chi connectivity index (χ0v) is 17.5. The minimum absolute atomic E-state index is 0.0810. The number of nitrogens with one attached hydrogen (secondary N) is 1. The van der Waals surface area contributed by atoms with Crippen molar-refractivity contribution >= 4 is 17.6 Å². The molecule has 1 aliphatic carbocycles. The summed E-state index contributed by atoms with van der Waals surface area (Å²) in [5.74, 6) is 1.21. The maximum atomic E-state index is 13.0. The fourth-order valence-electron chi connectivity index (χ4n) is 4.11. The van der Waals surface area contributed by atoms with Crippen LogP contribution in [0.3, 0.4) is 0 Å². The van der Waals surface area contributed by atoms with Crippen LogP contribution in [0.1, 0.15) is 78.4 Å². The molecule has 152 valence electrons. The molecule has 1 aromatic rings. The van der Waals surface area contributed by atoms with Gasteiger partial charge in [0.05, 0.1) is 0 Å². The van der Waals surface area contributed by atoms with Gasteiger partial charge in [-0.1, -0.05) is 52.1 Å². The van der Waals surface area contributed by atoms with E-state index in [0.717, 1.165) is 32.1 Å². The summed E-state index contributed by atoms with van der Waals surface area (Å²) in [5.41, 5.74) is 0.192. The normalized spacial score (nSPS) is 16.8. The number of aryl methyl sites for hydroxylation is 1. The van der Waals surface area contributed by atoms with E-state index in [1.165, 1.54) is 6.42 Å². The van der Waals surface area contributed by atoms with E-state index in [0.29, 0.717) is 23.9 Å². The molecule has 6 heteroatoms. The summed E-state index contributed by atoms with van der Waals surface area (Å²) < 4.78 is 4.99. The maximum Gasteiger partial charge on any atom is 0.245 e. The molecule has 1 fully saturated rings. The van der Waals surface area contributed by atoms with Gasteiger partial charge in [-0.05, 0) is 37.5 Å². The average Bonchev–Trinajstić information content (AvgIpc) is 2.96.